The van der Waals surface area contributed by atoms with Crippen molar-refractivity contribution in [2.24, 2.45) is 11.3 Å². The van der Waals surface area contributed by atoms with E-state index in [1.165, 1.54) is 5.56 Å². The zero-order chi connectivity index (χ0) is 17.5. The molecule has 4 nitrogen and oxygen atoms in total. The molecule has 0 aliphatic carbocycles. The number of hydrogen-bond donors (Lipinski definition) is 0. The lowest BCUT2D eigenvalue weighted by atomic mass is 9.90. The van der Waals surface area contributed by atoms with Crippen LogP contribution in [0.5, 0.6) is 0 Å². The van der Waals surface area contributed by atoms with E-state index in [1.807, 2.05) is 42.7 Å². The molecule has 0 spiro atoms. The second-order valence-electron chi connectivity index (χ2n) is 8.21. The van der Waals surface area contributed by atoms with Crippen molar-refractivity contribution in [3.63, 3.8) is 0 Å². The number of nitrogens with zero attached hydrogens (tertiary/aromatic N) is 2. The SMILES string of the molecule is C[C@@H]1Cc2ccccc2N1C(=O)C1CCN(C(=O)C(C)(C)C)CC1. The molecule has 1 aromatic rings. The van der Waals surface area contributed by atoms with Crippen molar-refractivity contribution in [3.05, 3.63) is 29.8 Å². The molecule has 1 saturated heterocycles. The number of carbonyl (C=O) groups excluding carboxylic acids is 2. The van der Waals surface area contributed by atoms with Crippen LogP contribution in [0.25, 0.3) is 0 Å². The topological polar surface area (TPSA) is 40.6 Å². The van der Waals surface area contributed by atoms with Crippen molar-refractivity contribution in [2.45, 2.75) is 53.0 Å². The fourth-order valence-corrected chi connectivity index (χ4v) is 3.90. The van der Waals surface area contributed by atoms with Gasteiger partial charge in [-0.3, -0.25) is 9.59 Å². The molecular weight excluding hydrogens is 300 g/mol. The van der Waals surface area contributed by atoms with Gasteiger partial charge < -0.3 is 9.80 Å². The lowest BCUT2D eigenvalue weighted by Crippen LogP contribution is -2.48. The molecular formula is C20H28N2O2. The van der Waals surface area contributed by atoms with Crippen molar-refractivity contribution in [2.75, 3.05) is 18.0 Å². The Morgan fingerprint density at radius 2 is 1.71 bits per heavy atom. The summed E-state index contributed by atoms with van der Waals surface area (Å²) in [4.78, 5) is 29.4. The van der Waals surface area contributed by atoms with Gasteiger partial charge in [0.25, 0.3) is 0 Å². The number of rotatable bonds is 1. The molecule has 130 valence electrons. The first-order valence-corrected chi connectivity index (χ1v) is 8.99. The molecule has 0 aromatic heterocycles. The van der Waals surface area contributed by atoms with E-state index in [0.29, 0.717) is 13.1 Å². The van der Waals surface area contributed by atoms with Gasteiger partial charge in [0.15, 0.2) is 0 Å². The fourth-order valence-electron chi connectivity index (χ4n) is 3.90. The number of fused-ring (bicyclic) bond motifs is 1. The molecule has 0 N–H and O–H groups in total. The van der Waals surface area contributed by atoms with Crippen molar-refractivity contribution in [3.8, 4) is 0 Å². The molecule has 0 saturated carbocycles. The predicted octanol–water partition coefficient (Wildman–Crippen LogP) is 3.25. The van der Waals surface area contributed by atoms with Crippen LogP contribution in [-0.2, 0) is 16.0 Å². The molecule has 1 fully saturated rings. The van der Waals surface area contributed by atoms with E-state index in [1.54, 1.807) is 0 Å². The first-order valence-electron chi connectivity index (χ1n) is 8.99. The van der Waals surface area contributed by atoms with Gasteiger partial charge in [-0.05, 0) is 37.8 Å². The second-order valence-corrected chi connectivity index (χ2v) is 8.21. The van der Waals surface area contributed by atoms with E-state index in [4.69, 9.17) is 0 Å². The lowest BCUT2D eigenvalue weighted by Gasteiger charge is -2.37. The van der Waals surface area contributed by atoms with Crippen LogP contribution in [0.4, 0.5) is 5.69 Å². The van der Waals surface area contributed by atoms with Crippen LogP contribution >= 0.6 is 0 Å². The molecule has 0 unspecified atom stereocenters. The molecule has 2 amide bonds. The highest BCUT2D eigenvalue weighted by Gasteiger charge is 2.37. The van der Waals surface area contributed by atoms with E-state index in [-0.39, 0.29) is 29.2 Å². The Morgan fingerprint density at radius 3 is 2.33 bits per heavy atom. The Kier molecular flexibility index (Phi) is 4.41. The number of amides is 2. The Bertz CT molecular complexity index is 639. The quantitative estimate of drug-likeness (QED) is 0.794. The van der Waals surface area contributed by atoms with Crippen LogP contribution in [0.1, 0.15) is 46.1 Å². The highest BCUT2D eigenvalue weighted by Crippen LogP contribution is 2.35. The molecule has 0 radical (unpaired) electrons. The number of carbonyl (C=O) groups is 2. The maximum absolute atomic E-state index is 13.1. The van der Waals surface area contributed by atoms with Crippen LogP contribution in [0, 0.1) is 11.3 Å². The van der Waals surface area contributed by atoms with Gasteiger partial charge in [0.2, 0.25) is 11.8 Å². The summed E-state index contributed by atoms with van der Waals surface area (Å²) in [6, 6.07) is 8.43. The predicted molar refractivity (Wildman–Crippen MR) is 95.9 cm³/mol. The molecule has 1 aromatic carbocycles. The highest BCUT2D eigenvalue weighted by molar-refractivity contribution is 5.97. The maximum Gasteiger partial charge on any atom is 0.230 e. The molecule has 2 aliphatic rings. The Morgan fingerprint density at radius 1 is 1.08 bits per heavy atom. The second kappa shape index (κ2) is 6.23. The minimum atomic E-state index is -0.348. The van der Waals surface area contributed by atoms with Crippen molar-refractivity contribution in [1.29, 1.82) is 0 Å². The number of hydrogen-bond acceptors (Lipinski definition) is 2. The van der Waals surface area contributed by atoms with E-state index in [9.17, 15) is 9.59 Å². The molecule has 1 atom stereocenters. The number of likely N-dealkylation sites (tertiary alicyclic amines) is 1. The van der Waals surface area contributed by atoms with Crippen LogP contribution in [-0.4, -0.2) is 35.8 Å². The average molecular weight is 328 g/mol. The average Bonchev–Trinajstić information content (AvgIpc) is 2.88. The Balaban J connectivity index is 1.67. The molecule has 3 rings (SSSR count). The summed E-state index contributed by atoms with van der Waals surface area (Å²) < 4.78 is 0. The summed E-state index contributed by atoms with van der Waals surface area (Å²) in [6.07, 6.45) is 2.47. The third-order valence-electron chi connectivity index (χ3n) is 5.22. The van der Waals surface area contributed by atoms with Gasteiger partial charge in [-0.2, -0.15) is 0 Å². The van der Waals surface area contributed by atoms with Gasteiger partial charge in [0, 0.05) is 36.2 Å². The zero-order valence-electron chi connectivity index (χ0n) is 15.2. The molecule has 2 aliphatic heterocycles. The smallest absolute Gasteiger partial charge is 0.230 e. The largest absolute Gasteiger partial charge is 0.342 e. The van der Waals surface area contributed by atoms with E-state index in [2.05, 4.69) is 19.1 Å². The van der Waals surface area contributed by atoms with Gasteiger partial charge in [0.05, 0.1) is 0 Å². The number of para-hydroxylation sites is 1. The molecule has 4 heteroatoms. The summed E-state index contributed by atoms with van der Waals surface area (Å²) in [5.41, 5.74) is 1.99. The Hall–Kier alpha value is -1.84. The number of piperidine rings is 1. The summed E-state index contributed by atoms with van der Waals surface area (Å²) in [7, 11) is 0. The van der Waals surface area contributed by atoms with E-state index in [0.717, 1.165) is 24.9 Å². The highest BCUT2D eigenvalue weighted by atomic mass is 16.2. The van der Waals surface area contributed by atoms with Crippen molar-refractivity contribution >= 4 is 17.5 Å². The normalized spacial score (nSPS) is 21.8. The third kappa shape index (κ3) is 3.06. The van der Waals surface area contributed by atoms with Gasteiger partial charge in [-0.1, -0.05) is 39.0 Å². The minimum Gasteiger partial charge on any atom is -0.342 e. The number of benzene rings is 1. The monoisotopic (exact) mass is 328 g/mol. The van der Waals surface area contributed by atoms with Gasteiger partial charge in [-0.25, -0.2) is 0 Å². The van der Waals surface area contributed by atoms with Crippen molar-refractivity contribution in [1.82, 2.24) is 4.90 Å². The summed E-state index contributed by atoms with van der Waals surface area (Å²) >= 11 is 0. The zero-order valence-corrected chi connectivity index (χ0v) is 15.2. The van der Waals surface area contributed by atoms with E-state index >= 15 is 0 Å². The third-order valence-corrected chi connectivity index (χ3v) is 5.22. The Labute approximate surface area is 144 Å². The van der Waals surface area contributed by atoms with Crippen LogP contribution in [0.15, 0.2) is 24.3 Å². The van der Waals surface area contributed by atoms with Crippen LogP contribution < -0.4 is 4.90 Å². The molecule has 24 heavy (non-hydrogen) atoms. The van der Waals surface area contributed by atoms with Crippen molar-refractivity contribution < 1.29 is 9.59 Å². The summed E-state index contributed by atoms with van der Waals surface area (Å²) in [5, 5.41) is 0. The molecule has 2 heterocycles. The van der Waals surface area contributed by atoms with Gasteiger partial charge >= 0.3 is 0 Å². The van der Waals surface area contributed by atoms with E-state index < -0.39 is 0 Å². The van der Waals surface area contributed by atoms with Crippen LogP contribution in [0.3, 0.4) is 0 Å². The maximum atomic E-state index is 13.1. The first kappa shape index (κ1) is 17.0. The minimum absolute atomic E-state index is 0.0302. The summed E-state index contributed by atoms with van der Waals surface area (Å²) in [5.74, 6) is 0.450. The van der Waals surface area contributed by atoms with Gasteiger partial charge in [-0.15, -0.1) is 0 Å². The summed E-state index contributed by atoms with van der Waals surface area (Å²) in [6.45, 7) is 9.36. The lowest BCUT2D eigenvalue weighted by molar-refractivity contribution is -0.142. The fraction of sp³-hybridized carbons (Fsp3) is 0.600. The van der Waals surface area contributed by atoms with Gasteiger partial charge in [0.1, 0.15) is 0 Å². The first-order chi connectivity index (χ1) is 11.3. The standard InChI is InChI=1S/C20H28N2O2/c1-14-13-16-7-5-6-8-17(16)22(14)18(23)15-9-11-21(12-10-15)19(24)20(2,3)4/h5-8,14-15H,9-13H2,1-4H3/t14-/m1/s1. The molecule has 0 bridgehead atoms. The van der Waals surface area contributed by atoms with Crippen LogP contribution in [0.2, 0.25) is 0 Å². The number of anilines is 1.